The van der Waals surface area contributed by atoms with Gasteiger partial charge in [-0.05, 0) is 26.0 Å². The SMILES string of the molecule is CCN(CC(C)C#N)C(=O)Cn1cnc2ccccc2c1=O. The molecular weight excluding hydrogens is 280 g/mol. The van der Waals surface area contributed by atoms with E-state index < -0.39 is 0 Å². The maximum Gasteiger partial charge on any atom is 0.261 e. The minimum Gasteiger partial charge on any atom is -0.340 e. The second kappa shape index (κ2) is 6.85. The Morgan fingerprint density at radius 1 is 1.45 bits per heavy atom. The van der Waals surface area contributed by atoms with E-state index in [1.165, 1.54) is 10.9 Å². The van der Waals surface area contributed by atoms with Gasteiger partial charge in [-0.15, -0.1) is 0 Å². The van der Waals surface area contributed by atoms with E-state index in [4.69, 9.17) is 5.26 Å². The Bertz CT molecular complexity index is 776. The van der Waals surface area contributed by atoms with E-state index in [-0.39, 0.29) is 23.9 Å². The summed E-state index contributed by atoms with van der Waals surface area (Å²) in [4.78, 5) is 30.4. The Morgan fingerprint density at radius 3 is 2.86 bits per heavy atom. The van der Waals surface area contributed by atoms with E-state index in [0.717, 1.165) is 0 Å². The summed E-state index contributed by atoms with van der Waals surface area (Å²) in [6.45, 7) is 4.41. The van der Waals surface area contributed by atoms with Crippen LogP contribution in [0.5, 0.6) is 0 Å². The summed E-state index contributed by atoms with van der Waals surface area (Å²) >= 11 is 0. The molecule has 6 heteroatoms. The van der Waals surface area contributed by atoms with Crippen molar-refractivity contribution in [1.82, 2.24) is 14.5 Å². The molecule has 0 saturated carbocycles. The van der Waals surface area contributed by atoms with Crippen molar-refractivity contribution in [3.63, 3.8) is 0 Å². The Balaban J connectivity index is 2.23. The van der Waals surface area contributed by atoms with Crippen LogP contribution in [-0.4, -0.2) is 33.4 Å². The third-order valence-electron chi connectivity index (χ3n) is 3.49. The van der Waals surface area contributed by atoms with E-state index in [9.17, 15) is 9.59 Å². The van der Waals surface area contributed by atoms with Gasteiger partial charge in [-0.3, -0.25) is 14.2 Å². The number of hydrogen-bond donors (Lipinski definition) is 0. The van der Waals surface area contributed by atoms with E-state index in [1.54, 1.807) is 30.0 Å². The van der Waals surface area contributed by atoms with E-state index in [0.29, 0.717) is 24.0 Å². The molecular formula is C16H18N4O2. The van der Waals surface area contributed by atoms with Gasteiger partial charge in [0.25, 0.3) is 5.56 Å². The molecule has 0 aliphatic carbocycles. The Kier molecular flexibility index (Phi) is 4.89. The van der Waals surface area contributed by atoms with Gasteiger partial charge in [0.15, 0.2) is 0 Å². The Morgan fingerprint density at radius 2 is 2.18 bits per heavy atom. The highest BCUT2D eigenvalue weighted by atomic mass is 16.2. The largest absolute Gasteiger partial charge is 0.340 e. The molecule has 22 heavy (non-hydrogen) atoms. The lowest BCUT2D eigenvalue weighted by molar-refractivity contribution is -0.132. The summed E-state index contributed by atoms with van der Waals surface area (Å²) in [5.41, 5.74) is 0.380. The molecule has 2 aromatic rings. The number of benzene rings is 1. The van der Waals surface area contributed by atoms with Crippen LogP contribution < -0.4 is 5.56 Å². The second-order valence-electron chi connectivity index (χ2n) is 5.16. The summed E-state index contributed by atoms with van der Waals surface area (Å²) in [6.07, 6.45) is 1.39. The summed E-state index contributed by atoms with van der Waals surface area (Å²) in [5.74, 6) is -0.431. The molecule has 1 unspecified atom stereocenters. The average molecular weight is 298 g/mol. The zero-order valence-electron chi connectivity index (χ0n) is 12.7. The molecule has 1 heterocycles. The Hall–Kier alpha value is -2.68. The standard InChI is InChI=1S/C16H18N4O2/c1-3-19(9-12(2)8-17)15(21)10-20-11-18-14-7-5-4-6-13(14)16(20)22/h4-7,11-12H,3,9-10H2,1-2H3. The molecule has 0 aliphatic rings. The molecule has 0 spiro atoms. The minimum absolute atomic E-state index is 0.0668. The van der Waals surface area contributed by atoms with Gasteiger partial charge in [-0.1, -0.05) is 12.1 Å². The number of hydrogen-bond acceptors (Lipinski definition) is 4. The molecule has 0 radical (unpaired) electrons. The maximum atomic E-state index is 12.4. The Labute approximate surface area is 128 Å². The topological polar surface area (TPSA) is 79.0 Å². The summed E-state index contributed by atoms with van der Waals surface area (Å²) < 4.78 is 1.31. The maximum absolute atomic E-state index is 12.4. The van der Waals surface area contributed by atoms with Crippen LogP contribution in [-0.2, 0) is 11.3 Å². The molecule has 1 aromatic carbocycles. The van der Waals surface area contributed by atoms with Crippen LogP contribution >= 0.6 is 0 Å². The van der Waals surface area contributed by atoms with Gasteiger partial charge in [0.05, 0.1) is 29.2 Å². The van der Waals surface area contributed by atoms with Crippen molar-refractivity contribution >= 4 is 16.8 Å². The summed E-state index contributed by atoms with van der Waals surface area (Å²) in [7, 11) is 0. The summed E-state index contributed by atoms with van der Waals surface area (Å²) in [5, 5.41) is 9.35. The van der Waals surface area contributed by atoms with Crippen LogP contribution in [0, 0.1) is 17.2 Å². The van der Waals surface area contributed by atoms with Gasteiger partial charge in [0.1, 0.15) is 6.54 Å². The third-order valence-corrected chi connectivity index (χ3v) is 3.49. The quantitative estimate of drug-likeness (QED) is 0.836. The molecule has 1 aromatic heterocycles. The van der Waals surface area contributed by atoms with E-state index in [2.05, 4.69) is 11.1 Å². The first-order chi connectivity index (χ1) is 10.6. The summed E-state index contributed by atoms with van der Waals surface area (Å²) in [6, 6.07) is 9.14. The van der Waals surface area contributed by atoms with Crippen molar-refractivity contribution in [3.05, 3.63) is 40.9 Å². The average Bonchev–Trinajstić information content (AvgIpc) is 2.55. The fourth-order valence-corrected chi connectivity index (χ4v) is 2.24. The molecule has 0 aliphatic heterocycles. The highest BCUT2D eigenvalue weighted by molar-refractivity contribution is 5.79. The molecule has 0 saturated heterocycles. The van der Waals surface area contributed by atoms with Gasteiger partial charge in [-0.2, -0.15) is 5.26 Å². The number of nitrogens with zero attached hydrogens (tertiary/aromatic N) is 4. The highest BCUT2D eigenvalue weighted by Gasteiger charge is 2.16. The predicted octanol–water partition coefficient (Wildman–Crippen LogP) is 1.40. The number of nitriles is 1. The number of para-hydroxylation sites is 1. The molecule has 2 rings (SSSR count). The van der Waals surface area contributed by atoms with Crippen LogP contribution in [0.4, 0.5) is 0 Å². The first-order valence-corrected chi connectivity index (χ1v) is 7.18. The number of rotatable bonds is 5. The normalized spacial score (nSPS) is 11.9. The lowest BCUT2D eigenvalue weighted by Crippen LogP contribution is -2.38. The van der Waals surface area contributed by atoms with Crippen molar-refractivity contribution in [2.45, 2.75) is 20.4 Å². The number of likely N-dealkylation sites (N-methyl/N-ethyl adjacent to an activating group) is 1. The van der Waals surface area contributed by atoms with Gasteiger partial charge >= 0.3 is 0 Å². The van der Waals surface area contributed by atoms with Crippen LogP contribution in [0.2, 0.25) is 0 Å². The van der Waals surface area contributed by atoms with Gasteiger partial charge in [0.2, 0.25) is 5.91 Å². The van der Waals surface area contributed by atoms with E-state index >= 15 is 0 Å². The highest BCUT2D eigenvalue weighted by Crippen LogP contribution is 2.05. The molecule has 0 fully saturated rings. The number of carbonyl (C=O) groups excluding carboxylic acids is 1. The predicted molar refractivity (Wildman–Crippen MR) is 83.0 cm³/mol. The zero-order chi connectivity index (χ0) is 16.1. The molecule has 1 atom stereocenters. The third kappa shape index (κ3) is 3.31. The molecule has 114 valence electrons. The fraction of sp³-hybridized carbons (Fsp3) is 0.375. The second-order valence-corrected chi connectivity index (χ2v) is 5.16. The van der Waals surface area contributed by atoms with E-state index in [1.807, 2.05) is 13.0 Å². The zero-order valence-corrected chi connectivity index (χ0v) is 12.7. The molecule has 0 N–H and O–H groups in total. The van der Waals surface area contributed by atoms with Crippen LogP contribution in [0.1, 0.15) is 13.8 Å². The van der Waals surface area contributed by atoms with Crippen LogP contribution in [0.3, 0.4) is 0 Å². The number of amides is 1. The monoisotopic (exact) mass is 298 g/mol. The van der Waals surface area contributed by atoms with Gasteiger partial charge < -0.3 is 4.90 Å². The lowest BCUT2D eigenvalue weighted by Gasteiger charge is -2.22. The number of carbonyl (C=O) groups is 1. The van der Waals surface area contributed by atoms with Crippen molar-refractivity contribution in [2.24, 2.45) is 5.92 Å². The number of aromatic nitrogens is 2. The first kappa shape index (κ1) is 15.7. The van der Waals surface area contributed by atoms with Gasteiger partial charge in [-0.25, -0.2) is 4.98 Å². The number of fused-ring (bicyclic) bond motifs is 1. The van der Waals surface area contributed by atoms with Crippen LogP contribution in [0.15, 0.2) is 35.4 Å². The first-order valence-electron chi connectivity index (χ1n) is 7.18. The minimum atomic E-state index is -0.240. The van der Waals surface area contributed by atoms with Gasteiger partial charge in [0, 0.05) is 13.1 Å². The van der Waals surface area contributed by atoms with Crippen molar-refractivity contribution in [1.29, 1.82) is 5.26 Å². The molecule has 6 nitrogen and oxygen atoms in total. The lowest BCUT2D eigenvalue weighted by atomic mass is 10.2. The molecule has 1 amide bonds. The van der Waals surface area contributed by atoms with Crippen molar-refractivity contribution in [3.8, 4) is 6.07 Å². The van der Waals surface area contributed by atoms with Crippen LogP contribution in [0.25, 0.3) is 10.9 Å². The fourth-order valence-electron chi connectivity index (χ4n) is 2.24. The van der Waals surface area contributed by atoms with Crippen molar-refractivity contribution < 1.29 is 4.79 Å². The van der Waals surface area contributed by atoms with Crippen molar-refractivity contribution in [2.75, 3.05) is 13.1 Å². The smallest absolute Gasteiger partial charge is 0.261 e. The molecule has 0 bridgehead atoms.